The van der Waals surface area contributed by atoms with Crippen molar-refractivity contribution in [1.29, 1.82) is 0 Å². The summed E-state index contributed by atoms with van der Waals surface area (Å²) >= 11 is 0. The van der Waals surface area contributed by atoms with Gasteiger partial charge in [-0.3, -0.25) is 0 Å². The highest BCUT2D eigenvalue weighted by Crippen LogP contribution is 2.05. The third-order valence-corrected chi connectivity index (χ3v) is 2.70. The summed E-state index contributed by atoms with van der Waals surface area (Å²) in [7, 11) is 4.11. The van der Waals surface area contributed by atoms with Gasteiger partial charge in [0.05, 0.1) is 0 Å². The summed E-state index contributed by atoms with van der Waals surface area (Å²) in [5, 5.41) is 0. The van der Waals surface area contributed by atoms with Gasteiger partial charge >= 0.3 is 0 Å². The second-order valence-electron chi connectivity index (χ2n) is 4.56. The minimum atomic E-state index is 0.130. The minimum absolute atomic E-state index is 0.130. The highest BCUT2D eigenvalue weighted by atomic mass is 15.1. The zero-order valence-corrected chi connectivity index (χ0v) is 10.3. The molecule has 0 aliphatic rings. The highest BCUT2D eigenvalue weighted by molar-refractivity contribution is 4.76. The third-order valence-electron chi connectivity index (χ3n) is 2.70. The molecule has 0 fully saturated rings. The lowest BCUT2D eigenvalue weighted by Gasteiger charge is -2.21. The lowest BCUT2D eigenvalue weighted by Crippen LogP contribution is -2.42. The largest absolute Gasteiger partial charge is 0.330 e. The second kappa shape index (κ2) is 9.09. The first kappa shape index (κ1) is 14.8. The van der Waals surface area contributed by atoms with Gasteiger partial charge in [0.15, 0.2) is 0 Å². The lowest BCUT2D eigenvalue weighted by molar-refractivity contribution is 0.354. The summed E-state index contributed by atoms with van der Waals surface area (Å²) in [5.74, 6) is 0. The van der Waals surface area contributed by atoms with Crippen LogP contribution in [0.1, 0.15) is 32.1 Å². The molecule has 15 heavy (non-hydrogen) atoms. The minimum Gasteiger partial charge on any atom is -0.330 e. The fourth-order valence-corrected chi connectivity index (χ4v) is 1.54. The fraction of sp³-hybridized carbons (Fsp3) is 1.00. The van der Waals surface area contributed by atoms with E-state index in [0.717, 1.165) is 38.8 Å². The van der Waals surface area contributed by atoms with E-state index in [0.29, 0.717) is 0 Å². The van der Waals surface area contributed by atoms with Crippen molar-refractivity contribution in [3.8, 4) is 0 Å². The molecule has 0 saturated carbocycles. The predicted molar refractivity (Wildman–Crippen MR) is 66.6 cm³/mol. The molecule has 92 valence electrons. The van der Waals surface area contributed by atoms with Crippen LogP contribution in [0, 0.1) is 0 Å². The summed E-state index contributed by atoms with van der Waals surface area (Å²) in [4.78, 5) is 2.14. The number of nitrogens with zero attached hydrogens (tertiary/aromatic N) is 1. The second-order valence-corrected chi connectivity index (χ2v) is 4.56. The molecular formula is C11H28N4. The molecule has 4 heteroatoms. The van der Waals surface area contributed by atoms with Gasteiger partial charge in [-0.1, -0.05) is 12.8 Å². The van der Waals surface area contributed by atoms with Crippen LogP contribution in [-0.4, -0.2) is 44.2 Å². The van der Waals surface area contributed by atoms with Crippen LogP contribution < -0.4 is 17.2 Å². The summed E-state index contributed by atoms with van der Waals surface area (Å²) in [6, 6.07) is 0.271. The van der Waals surface area contributed by atoms with E-state index in [1.165, 1.54) is 6.42 Å². The smallest absolute Gasteiger partial charge is 0.0204 e. The molecule has 2 unspecified atom stereocenters. The Morgan fingerprint density at radius 2 is 1.53 bits per heavy atom. The number of hydrogen-bond donors (Lipinski definition) is 3. The van der Waals surface area contributed by atoms with E-state index in [2.05, 4.69) is 19.0 Å². The zero-order chi connectivity index (χ0) is 11.7. The zero-order valence-electron chi connectivity index (χ0n) is 10.3. The topological polar surface area (TPSA) is 81.3 Å². The molecule has 0 heterocycles. The Balaban J connectivity index is 3.46. The van der Waals surface area contributed by atoms with Crippen molar-refractivity contribution in [2.75, 3.05) is 27.2 Å². The van der Waals surface area contributed by atoms with Gasteiger partial charge in [0.2, 0.25) is 0 Å². The van der Waals surface area contributed by atoms with Crippen molar-refractivity contribution in [1.82, 2.24) is 4.90 Å². The summed E-state index contributed by atoms with van der Waals surface area (Å²) < 4.78 is 0. The van der Waals surface area contributed by atoms with E-state index < -0.39 is 0 Å². The Morgan fingerprint density at radius 3 is 2.07 bits per heavy atom. The molecule has 0 aromatic carbocycles. The quantitative estimate of drug-likeness (QED) is 0.478. The van der Waals surface area contributed by atoms with Crippen molar-refractivity contribution < 1.29 is 0 Å². The van der Waals surface area contributed by atoms with Crippen molar-refractivity contribution in [3.63, 3.8) is 0 Å². The average Bonchev–Trinajstić information content (AvgIpc) is 2.20. The van der Waals surface area contributed by atoms with Gasteiger partial charge in [-0.05, 0) is 46.4 Å². The summed E-state index contributed by atoms with van der Waals surface area (Å²) in [5.41, 5.74) is 17.4. The van der Waals surface area contributed by atoms with E-state index in [9.17, 15) is 0 Å². The first-order valence-corrected chi connectivity index (χ1v) is 5.94. The molecular weight excluding hydrogens is 188 g/mol. The van der Waals surface area contributed by atoms with Crippen LogP contribution in [0.5, 0.6) is 0 Å². The first-order chi connectivity index (χ1) is 7.07. The summed E-state index contributed by atoms with van der Waals surface area (Å²) in [6.07, 6.45) is 5.41. The SMILES string of the molecule is CN(C)CCC(N)C(N)CCCCCN. The Kier molecular flexibility index (Phi) is 9.00. The maximum atomic E-state index is 6.01. The third kappa shape index (κ3) is 8.81. The molecule has 0 aliphatic carbocycles. The van der Waals surface area contributed by atoms with Crippen molar-refractivity contribution in [2.45, 2.75) is 44.2 Å². The van der Waals surface area contributed by atoms with Gasteiger partial charge in [-0.15, -0.1) is 0 Å². The first-order valence-electron chi connectivity index (χ1n) is 5.94. The van der Waals surface area contributed by atoms with Crippen molar-refractivity contribution in [3.05, 3.63) is 0 Å². The Bertz CT molecular complexity index is 139. The average molecular weight is 216 g/mol. The van der Waals surface area contributed by atoms with Crippen molar-refractivity contribution in [2.24, 2.45) is 17.2 Å². The predicted octanol–water partition coefficient (Wildman–Crippen LogP) is 0.112. The molecule has 0 radical (unpaired) electrons. The van der Waals surface area contributed by atoms with E-state index in [1.807, 2.05) is 0 Å². The Labute approximate surface area is 94.2 Å². The number of unbranched alkanes of at least 4 members (excludes halogenated alkanes) is 2. The number of hydrogen-bond acceptors (Lipinski definition) is 4. The Morgan fingerprint density at radius 1 is 0.933 bits per heavy atom. The molecule has 0 amide bonds. The Hall–Kier alpha value is -0.160. The van der Waals surface area contributed by atoms with Crippen LogP contribution >= 0.6 is 0 Å². The van der Waals surface area contributed by atoms with Crippen LogP contribution in [0.3, 0.4) is 0 Å². The van der Waals surface area contributed by atoms with Crippen LogP contribution in [0.2, 0.25) is 0 Å². The molecule has 0 bridgehead atoms. The monoisotopic (exact) mass is 216 g/mol. The molecule has 2 atom stereocenters. The molecule has 0 aliphatic heterocycles. The van der Waals surface area contributed by atoms with Gasteiger partial charge in [0.25, 0.3) is 0 Å². The van der Waals surface area contributed by atoms with Crippen LogP contribution in [0.4, 0.5) is 0 Å². The molecule has 0 rings (SSSR count). The summed E-state index contributed by atoms with van der Waals surface area (Å²) in [6.45, 7) is 1.79. The number of nitrogens with two attached hydrogens (primary N) is 3. The van der Waals surface area contributed by atoms with Gasteiger partial charge in [-0.2, -0.15) is 0 Å². The van der Waals surface area contributed by atoms with Gasteiger partial charge in [0.1, 0.15) is 0 Å². The molecule has 0 aromatic heterocycles. The van der Waals surface area contributed by atoms with E-state index in [4.69, 9.17) is 17.2 Å². The van der Waals surface area contributed by atoms with E-state index >= 15 is 0 Å². The van der Waals surface area contributed by atoms with Crippen molar-refractivity contribution >= 4 is 0 Å². The van der Waals surface area contributed by atoms with E-state index in [-0.39, 0.29) is 12.1 Å². The van der Waals surface area contributed by atoms with Crippen LogP contribution in [-0.2, 0) is 0 Å². The standard InChI is InChI=1S/C11H28N4/c1-15(2)9-7-11(14)10(13)6-4-3-5-8-12/h10-11H,3-9,12-14H2,1-2H3. The van der Waals surface area contributed by atoms with Gasteiger partial charge in [0, 0.05) is 12.1 Å². The normalized spacial score (nSPS) is 15.6. The molecule has 6 N–H and O–H groups in total. The van der Waals surface area contributed by atoms with Crippen LogP contribution in [0.15, 0.2) is 0 Å². The number of rotatable bonds is 9. The molecule has 0 spiro atoms. The van der Waals surface area contributed by atoms with Gasteiger partial charge < -0.3 is 22.1 Å². The maximum Gasteiger partial charge on any atom is 0.0204 e. The van der Waals surface area contributed by atoms with E-state index in [1.54, 1.807) is 0 Å². The lowest BCUT2D eigenvalue weighted by atomic mass is 10.00. The maximum absolute atomic E-state index is 6.01. The van der Waals surface area contributed by atoms with Crippen LogP contribution in [0.25, 0.3) is 0 Å². The molecule has 0 aromatic rings. The fourth-order valence-electron chi connectivity index (χ4n) is 1.54. The van der Waals surface area contributed by atoms with Gasteiger partial charge in [-0.25, -0.2) is 0 Å². The molecule has 4 nitrogen and oxygen atoms in total. The highest BCUT2D eigenvalue weighted by Gasteiger charge is 2.12. The molecule has 0 saturated heterocycles.